The molecule has 88 valence electrons. The van der Waals surface area contributed by atoms with Gasteiger partial charge in [0.25, 0.3) is 0 Å². The summed E-state index contributed by atoms with van der Waals surface area (Å²) in [6, 6.07) is 4.36. The van der Waals surface area contributed by atoms with Crippen LogP contribution in [0.4, 0.5) is 0 Å². The molecule has 1 aliphatic rings. The SMILES string of the molecule is COCC(=O)CN(Cc1ccco1)C1CC1. The van der Waals surface area contributed by atoms with Gasteiger partial charge in [-0.05, 0) is 25.0 Å². The summed E-state index contributed by atoms with van der Waals surface area (Å²) in [5, 5.41) is 0. The number of ether oxygens (including phenoxy) is 1. The van der Waals surface area contributed by atoms with Gasteiger partial charge in [-0.1, -0.05) is 0 Å². The van der Waals surface area contributed by atoms with Crippen LogP contribution in [0.1, 0.15) is 18.6 Å². The fraction of sp³-hybridized carbons (Fsp3) is 0.583. The largest absolute Gasteiger partial charge is 0.468 e. The van der Waals surface area contributed by atoms with E-state index in [0.717, 1.165) is 5.76 Å². The zero-order valence-corrected chi connectivity index (χ0v) is 9.52. The molecule has 0 atom stereocenters. The van der Waals surface area contributed by atoms with Gasteiger partial charge in [-0.15, -0.1) is 0 Å². The molecule has 0 saturated heterocycles. The van der Waals surface area contributed by atoms with Crippen LogP contribution in [0.15, 0.2) is 22.8 Å². The van der Waals surface area contributed by atoms with Gasteiger partial charge in [-0.2, -0.15) is 0 Å². The van der Waals surface area contributed by atoms with Crippen molar-refractivity contribution in [2.24, 2.45) is 0 Å². The number of nitrogens with zero attached hydrogens (tertiary/aromatic N) is 1. The fourth-order valence-corrected chi connectivity index (χ4v) is 1.79. The van der Waals surface area contributed by atoms with Crippen molar-refractivity contribution in [3.8, 4) is 0 Å². The fourth-order valence-electron chi connectivity index (χ4n) is 1.79. The molecule has 1 aromatic rings. The number of hydrogen-bond donors (Lipinski definition) is 0. The van der Waals surface area contributed by atoms with Crippen LogP contribution in [0.5, 0.6) is 0 Å². The lowest BCUT2D eigenvalue weighted by molar-refractivity contribution is -0.124. The van der Waals surface area contributed by atoms with Crippen LogP contribution in [0.25, 0.3) is 0 Å². The molecular formula is C12H17NO3. The minimum Gasteiger partial charge on any atom is -0.468 e. The summed E-state index contributed by atoms with van der Waals surface area (Å²) in [6.45, 7) is 1.37. The van der Waals surface area contributed by atoms with Gasteiger partial charge < -0.3 is 9.15 Å². The number of rotatable bonds is 7. The molecule has 4 nitrogen and oxygen atoms in total. The molecule has 2 rings (SSSR count). The summed E-state index contributed by atoms with van der Waals surface area (Å²) in [7, 11) is 1.55. The van der Waals surface area contributed by atoms with E-state index in [1.807, 2.05) is 12.1 Å². The first-order valence-electron chi connectivity index (χ1n) is 5.56. The monoisotopic (exact) mass is 223 g/mol. The number of carbonyl (C=O) groups is 1. The molecule has 1 fully saturated rings. The summed E-state index contributed by atoms with van der Waals surface area (Å²) < 4.78 is 10.1. The van der Waals surface area contributed by atoms with Crippen molar-refractivity contribution in [3.63, 3.8) is 0 Å². The highest BCUT2D eigenvalue weighted by atomic mass is 16.5. The predicted molar refractivity (Wildman–Crippen MR) is 59.0 cm³/mol. The highest BCUT2D eigenvalue weighted by molar-refractivity contribution is 5.81. The quantitative estimate of drug-likeness (QED) is 0.702. The van der Waals surface area contributed by atoms with Crippen molar-refractivity contribution in [3.05, 3.63) is 24.2 Å². The van der Waals surface area contributed by atoms with Gasteiger partial charge in [-0.25, -0.2) is 0 Å². The number of ketones is 1. The Morgan fingerprint density at radius 3 is 3.00 bits per heavy atom. The summed E-state index contributed by atoms with van der Waals surface area (Å²) in [5.74, 6) is 1.04. The van der Waals surface area contributed by atoms with Gasteiger partial charge >= 0.3 is 0 Å². The number of furan rings is 1. The third kappa shape index (κ3) is 3.18. The summed E-state index contributed by atoms with van der Waals surface area (Å²) in [5.41, 5.74) is 0. The Bertz CT molecular complexity index is 330. The maximum atomic E-state index is 11.5. The van der Waals surface area contributed by atoms with Crippen molar-refractivity contribution in [1.82, 2.24) is 4.90 Å². The van der Waals surface area contributed by atoms with E-state index >= 15 is 0 Å². The first kappa shape index (κ1) is 11.4. The second-order valence-corrected chi connectivity index (χ2v) is 4.19. The molecule has 0 unspecified atom stereocenters. The third-order valence-electron chi connectivity index (χ3n) is 2.69. The lowest BCUT2D eigenvalue weighted by atomic mass is 10.3. The first-order chi connectivity index (χ1) is 7.79. The average molecular weight is 223 g/mol. The minimum absolute atomic E-state index is 0.126. The molecule has 4 heteroatoms. The normalized spacial score (nSPS) is 15.6. The number of carbonyl (C=O) groups excluding carboxylic acids is 1. The van der Waals surface area contributed by atoms with E-state index in [-0.39, 0.29) is 12.4 Å². The van der Waals surface area contributed by atoms with Crippen LogP contribution < -0.4 is 0 Å². The Morgan fingerprint density at radius 1 is 1.62 bits per heavy atom. The van der Waals surface area contributed by atoms with Crippen LogP contribution in [-0.2, 0) is 16.1 Å². The lowest BCUT2D eigenvalue weighted by Crippen LogP contribution is -2.32. The smallest absolute Gasteiger partial charge is 0.172 e. The van der Waals surface area contributed by atoms with Crippen LogP contribution in [0.2, 0.25) is 0 Å². The third-order valence-corrected chi connectivity index (χ3v) is 2.69. The molecule has 1 saturated carbocycles. The first-order valence-corrected chi connectivity index (χ1v) is 5.56. The molecule has 16 heavy (non-hydrogen) atoms. The number of hydrogen-bond acceptors (Lipinski definition) is 4. The molecule has 0 aliphatic heterocycles. The van der Waals surface area contributed by atoms with Crippen molar-refractivity contribution in [1.29, 1.82) is 0 Å². The van der Waals surface area contributed by atoms with Gasteiger partial charge in [-0.3, -0.25) is 9.69 Å². The molecule has 0 N–H and O–H groups in total. The zero-order chi connectivity index (χ0) is 11.4. The van der Waals surface area contributed by atoms with E-state index < -0.39 is 0 Å². The highest BCUT2D eigenvalue weighted by Gasteiger charge is 2.30. The second-order valence-electron chi connectivity index (χ2n) is 4.19. The van der Waals surface area contributed by atoms with Crippen LogP contribution in [0, 0.1) is 0 Å². The molecule has 1 aromatic heterocycles. The Morgan fingerprint density at radius 2 is 2.44 bits per heavy atom. The van der Waals surface area contributed by atoms with Crippen molar-refractivity contribution >= 4 is 5.78 Å². The van der Waals surface area contributed by atoms with E-state index in [0.29, 0.717) is 19.1 Å². The molecule has 0 aromatic carbocycles. The molecule has 0 bridgehead atoms. The topological polar surface area (TPSA) is 42.7 Å². The minimum atomic E-state index is 0.126. The maximum Gasteiger partial charge on any atom is 0.172 e. The Hall–Kier alpha value is -1.13. The van der Waals surface area contributed by atoms with Crippen LogP contribution >= 0.6 is 0 Å². The molecule has 1 heterocycles. The zero-order valence-electron chi connectivity index (χ0n) is 9.52. The maximum absolute atomic E-state index is 11.5. The van der Waals surface area contributed by atoms with Gasteiger partial charge in [0.1, 0.15) is 12.4 Å². The van der Waals surface area contributed by atoms with Crippen LogP contribution in [-0.4, -0.2) is 37.0 Å². The van der Waals surface area contributed by atoms with Gasteiger partial charge in [0.15, 0.2) is 5.78 Å². The Labute approximate surface area is 95.2 Å². The molecule has 0 spiro atoms. The molecule has 0 amide bonds. The Balaban J connectivity index is 1.87. The molecule has 1 aliphatic carbocycles. The van der Waals surface area contributed by atoms with Gasteiger partial charge in [0.2, 0.25) is 0 Å². The van der Waals surface area contributed by atoms with Crippen LogP contribution in [0.3, 0.4) is 0 Å². The summed E-state index contributed by atoms with van der Waals surface area (Å²) >= 11 is 0. The average Bonchev–Trinajstić information content (AvgIpc) is 2.98. The van der Waals surface area contributed by atoms with E-state index in [4.69, 9.17) is 9.15 Å². The van der Waals surface area contributed by atoms with E-state index in [9.17, 15) is 4.79 Å². The van der Waals surface area contributed by atoms with Crippen molar-refractivity contribution in [2.75, 3.05) is 20.3 Å². The number of methoxy groups -OCH3 is 1. The van der Waals surface area contributed by atoms with E-state index in [2.05, 4.69) is 4.90 Å². The van der Waals surface area contributed by atoms with Gasteiger partial charge in [0, 0.05) is 13.2 Å². The van der Waals surface area contributed by atoms with Crippen molar-refractivity contribution < 1.29 is 13.9 Å². The second kappa shape index (κ2) is 5.27. The summed E-state index contributed by atoms with van der Waals surface area (Å²) in [4.78, 5) is 13.7. The molecular weight excluding hydrogens is 206 g/mol. The lowest BCUT2D eigenvalue weighted by Gasteiger charge is -2.19. The van der Waals surface area contributed by atoms with E-state index in [1.165, 1.54) is 12.8 Å². The highest BCUT2D eigenvalue weighted by Crippen LogP contribution is 2.28. The van der Waals surface area contributed by atoms with E-state index in [1.54, 1.807) is 13.4 Å². The summed E-state index contributed by atoms with van der Waals surface area (Å²) in [6.07, 6.45) is 4.03. The molecule has 0 radical (unpaired) electrons. The predicted octanol–water partition coefficient (Wildman–Crippen LogP) is 1.46. The van der Waals surface area contributed by atoms with Gasteiger partial charge in [0.05, 0.1) is 19.4 Å². The number of Topliss-reactive ketones (excluding diaryl/α,β-unsaturated/α-hetero) is 1. The van der Waals surface area contributed by atoms with Crippen molar-refractivity contribution in [2.45, 2.75) is 25.4 Å². The Kier molecular flexibility index (Phi) is 3.74. The standard InChI is InChI=1S/C12H17NO3/c1-15-9-11(14)7-13(10-4-5-10)8-12-3-2-6-16-12/h2-3,6,10H,4-5,7-9H2,1H3.